The highest BCUT2D eigenvalue weighted by Gasteiger charge is 2.31. The van der Waals surface area contributed by atoms with Gasteiger partial charge in [0.25, 0.3) is 11.5 Å². The Morgan fingerprint density at radius 1 is 1.28 bits per heavy atom. The van der Waals surface area contributed by atoms with E-state index < -0.39 is 17.6 Å². The molecule has 0 saturated heterocycles. The molecular formula is C16H16F3N3O3. The lowest BCUT2D eigenvalue weighted by Crippen LogP contribution is -2.26. The smallest absolute Gasteiger partial charge is 0.416 e. The van der Waals surface area contributed by atoms with E-state index in [9.17, 15) is 22.8 Å². The molecule has 9 heteroatoms. The fourth-order valence-electron chi connectivity index (χ4n) is 2.11. The Labute approximate surface area is 141 Å². The zero-order valence-corrected chi connectivity index (χ0v) is 13.6. The Morgan fingerprint density at radius 2 is 2.00 bits per heavy atom. The van der Waals surface area contributed by atoms with Crippen LogP contribution < -0.4 is 15.6 Å². The standard InChI is InChI=1S/C16H16F3N3O3/c1-3-8-22-14(23)7-5-11(21-22)15(24)20-12-9-10(16(17,18)19)4-6-13(12)25-2/h4-7,9H,3,8H2,1-2H3,(H,20,24). The highest BCUT2D eigenvalue weighted by Crippen LogP contribution is 2.35. The summed E-state index contributed by atoms with van der Waals surface area (Å²) >= 11 is 0. The van der Waals surface area contributed by atoms with Gasteiger partial charge in [0.05, 0.1) is 18.4 Å². The molecule has 0 saturated carbocycles. The molecule has 1 amide bonds. The van der Waals surface area contributed by atoms with Crippen molar-refractivity contribution in [2.24, 2.45) is 0 Å². The van der Waals surface area contributed by atoms with Crippen LogP contribution in [0.25, 0.3) is 0 Å². The Bertz CT molecular complexity index is 831. The lowest BCUT2D eigenvalue weighted by Gasteiger charge is -2.13. The molecule has 2 aromatic rings. The summed E-state index contributed by atoms with van der Waals surface area (Å²) in [5.41, 5.74) is -1.52. The van der Waals surface area contributed by atoms with Gasteiger partial charge in [0.1, 0.15) is 11.4 Å². The van der Waals surface area contributed by atoms with Crippen LogP contribution in [0.5, 0.6) is 5.75 Å². The average Bonchev–Trinajstić information content (AvgIpc) is 2.56. The number of anilines is 1. The minimum atomic E-state index is -4.56. The summed E-state index contributed by atoms with van der Waals surface area (Å²) < 4.78 is 44.6. The average molecular weight is 355 g/mol. The van der Waals surface area contributed by atoms with Gasteiger partial charge >= 0.3 is 6.18 Å². The van der Waals surface area contributed by atoms with Crippen LogP contribution in [-0.4, -0.2) is 22.8 Å². The molecule has 0 radical (unpaired) electrons. The van der Waals surface area contributed by atoms with Crippen molar-refractivity contribution in [3.63, 3.8) is 0 Å². The third kappa shape index (κ3) is 4.37. The summed E-state index contributed by atoms with van der Waals surface area (Å²) in [4.78, 5) is 23.9. The molecule has 134 valence electrons. The van der Waals surface area contributed by atoms with Crippen molar-refractivity contribution in [3.05, 3.63) is 51.9 Å². The topological polar surface area (TPSA) is 73.2 Å². The number of hydrogen-bond acceptors (Lipinski definition) is 4. The van der Waals surface area contributed by atoms with Gasteiger partial charge in [-0.3, -0.25) is 9.59 Å². The maximum Gasteiger partial charge on any atom is 0.416 e. The Kier molecular flexibility index (Phi) is 5.45. The molecule has 25 heavy (non-hydrogen) atoms. The van der Waals surface area contributed by atoms with Crippen molar-refractivity contribution < 1.29 is 22.7 Å². The van der Waals surface area contributed by atoms with E-state index in [2.05, 4.69) is 10.4 Å². The van der Waals surface area contributed by atoms with Gasteiger partial charge in [0.2, 0.25) is 0 Å². The van der Waals surface area contributed by atoms with Gasteiger partial charge in [-0.15, -0.1) is 0 Å². The molecule has 0 bridgehead atoms. The number of aryl methyl sites for hydroxylation is 1. The number of carbonyl (C=O) groups is 1. The SMILES string of the molecule is CCCn1nc(C(=O)Nc2cc(C(F)(F)F)ccc2OC)ccc1=O. The van der Waals surface area contributed by atoms with Gasteiger partial charge in [0.15, 0.2) is 0 Å². The van der Waals surface area contributed by atoms with Crippen LogP contribution in [0, 0.1) is 0 Å². The zero-order chi connectivity index (χ0) is 18.6. The summed E-state index contributed by atoms with van der Waals surface area (Å²) in [7, 11) is 1.28. The van der Waals surface area contributed by atoms with E-state index in [4.69, 9.17) is 4.74 Å². The Hall–Kier alpha value is -2.84. The first kappa shape index (κ1) is 18.5. The van der Waals surface area contributed by atoms with Crippen molar-refractivity contribution in [2.45, 2.75) is 26.1 Å². The van der Waals surface area contributed by atoms with Gasteiger partial charge in [-0.05, 0) is 30.7 Å². The number of nitrogens with one attached hydrogen (secondary N) is 1. The number of hydrogen-bond donors (Lipinski definition) is 1. The van der Waals surface area contributed by atoms with E-state index in [0.717, 1.165) is 22.9 Å². The number of amides is 1. The molecule has 0 aliphatic carbocycles. The predicted molar refractivity (Wildman–Crippen MR) is 84.7 cm³/mol. The highest BCUT2D eigenvalue weighted by atomic mass is 19.4. The number of benzene rings is 1. The van der Waals surface area contributed by atoms with Crippen molar-refractivity contribution in [1.29, 1.82) is 0 Å². The fraction of sp³-hybridized carbons (Fsp3) is 0.312. The first-order chi connectivity index (χ1) is 11.8. The summed E-state index contributed by atoms with van der Waals surface area (Å²) in [5, 5.41) is 6.25. The van der Waals surface area contributed by atoms with Gasteiger partial charge in [-0.2, -0.15) is 18.3 Å². The number of nitrogens with zero attached hydrogens (tertiary/aromatic N) is 2. The van der Waals surface area contributed by atoms with Crippen LogP contribution >= 0.6 is 0 Å². The molecule has 6 nitrogen and oxygen atoms in total. The molecule has 1 heterocycles. The van der Waals surface area contributed by atoms with Gasteiger partial charge < -0.3 is 10.1 Å². The lowest BCUT2D eigenvalue weighted by atomic mass is 10.1. The molecule has 0 spiro atoms. The second kappa shape index (κ2) is 7.37. The maximum atomic E-state index is 12.8. The molecule has 1 aromatic heterocycles. The van der Waals surface area contributed by atoms with Gasteiger partial charge in [-0.1, -0.05) is 6.92 Å². The quantitative estimate of drug-likeness (QED) is 0.895. The number of carbonyl (C=O) groups excluding carboxylic acids is 1. The van der Waals surface area contributed by atoms with Crippen molar-refractivity contribution >= 4 is 11.6 Å². The molecule has 0 unspecified atom stereocenters. The molecule has 0 atom stereocenters. The summed E-state index contributed by atoms with van der Waals surface area (Å²) in [6.45, 7) is 2.17. The largest absolute Gasteiger partial charge is 0.495 e. The molecule has 0 aliphatic rings. The second-order valence-corrected chi connectivity index (χ2v) is 5.15. The molecule has 0 aliphatic heterocycles. The zero-order valence-electron chi connectivity index (χ0n) is 13.6. The van der Waals surface area contributed by atoms with E-state index in [1.165, 1.54) is 19.2 Å². The summed E-state index contributed by atoms with van der Waals surface area (Å²) in [6.07, 6.45) is -3.92. The third-order valence-electron chi connectivity index (χ3n) is 3.31. The van der Waals surface area contributed by atoms with E-state index >= 15 is 0 Å². The van der Waals surface area contributed by atoms with Gasteiger partial charge in [0, 0.05) is 12.6 Å². The van der Waals surface area contributed by atoms with Crippen LogP contribution in [0.2, 0.25) is 0 Å². The number of methoxy groups -OCH3 is 1. The van der Waals surface area contributed by atoms with E-state index in [1.807, 2.05) is 6.92 Å². The second-order valence-electron chi connectivity index (χ2n) is 5.15. The first-order valence-corrected chi connectivity index (χ1v) is 7.41. The summed E-state index contributed by atoms with van der Waals surface area (Å²) in [5.74, 6) is -0.675. The minimum absolute atomic E-state index is 0.0724. The van der Waals surface area contributed by atoms with E-state index in [0.29, 0.717) is 13.0 Å². The van der Waals surface area contributed by atoms with Gasteiger partial charge in [-0.25, -0.2) is 4.68 Å². The number of aromatic nitrogens is 2. The Balaban J connectivity index is 2.34. The number of rotatable bonds is 5. The van der Waals surface area contributed by atoms with Crippen LogP contribution in [0.3, 0.4) is 0 Å². The highest BCUT2D eigenvalue weighted by molar-refractivity contribution is 6.03. The predicted octanol–water partition coefficient (Wildman–Crippen LogP) is 2.93. The number of alkyl halides is 3. The number of halogens is 3. The molecule has 1 aromatic carbocycles. The maximum absolute atomic E-state index is 12.8. The van der Waals surface area contributed by atoms with Crippen LogP contribution in [0.4, 0.5) is 18.9 Å². The van der Waals surface area contributed by atoms with Crippen molar-refractivity contribution in [2.75, 3.05) is 12.4 Å². The Morgan fingerprint density at radius 3 is 2.60 bits per heavy atom. The molecular weight excluding hydrogens is 339 g/mol. The van der Waals surface area contributed by atoms with Crippen LogP contribution in [0.1, 0.15) is 29.4 Å². The van der Waals surface area contributed by atoms with Crippen molar-refractivity contribution in [3.8, 4) is 5.75 Å². The monoisotopic (exact) mass is 355 g/mol. The molecule has 2 rings (SSSR count). The van der Waals surface area contributed by atoms with Crippen LogP contribution in [-0.2, 0) is 12.7 Å². The summed E-state index contributed by atoms with van der Waals surface area (Å²) in [6, 6.07) is 5.14. The van der Waals surface area contributed by atoms with E-state index in [1.54, 1.807) is 0 Å². The number of ether oxygens (including phenoxy) is 1. The van der Waals surface area contributed by atoms with E-state index in [-0.39, 0.29) is 22.7 Å². The third-order valence-corrected chi connectivity index (χ3v) is 3.31. The minimum Gasteiger partial charge on any atom is -0.495 e. The lowest BCUT2D eigenvalue weighted by molar-refractivity contribution is -0.137. The first-order valence-electron chi connectivity index (χ1n) is 7.41. The fourth-order valence-corrected chi connectivity index (χ4v) is 2.11. The molecule has 1 N–H and O–H groups in total. The normalized spacial score (nSPS) is 11.2. The van der Waals surface area contributed by atoms with Crippen LogP contribution in [0.15, 0.2) is 35.1 Å². The van der Waals surface area contributed by atoms with Crippen molar-refractivity contribution in [1.82, 2.24) is 9.78 Å². The molecule has 0 fully saturated rings.